The minimum absolute atomic E-state index is 0.0547. The van der Waals surface area contributed by atoms with Gasteiger partial charge in [0.25, 0.3) is 5.92 Å². The molecule has 0 radical (unpaired) electrons. The van der Waals surface area contributed by atoms with Gasteiger partial charge in [-0.2, -0.15) is 0 Å². The van der Waals surface area contributed by atoms with Crippen molar-refractivity contribution in [2.45, 2.75) is 31.6 Å². The number of aromatic carboxylic acids is 1. The van der Waals surface area contributed by atoms with Gasteiger partial charge in [0.15, 0.2) is 0 Å². The molecule has 1 fully saturated rings. The molecule has 0 aromatic heterocycles. The van der Waals surface area contributed by atoms with Gasteiger partial charge in [-0.3, -0.25) is 4.72 Å². The summed E-state index contributed by atoms with van der Waals surface area (Å²) in [5, 5.41) is 8.86. The van der Waals surface area contributed by atoms with E-state index >= 15 is 0 Å². The number of rotatable bonds is 5. The predicted molar refractivity (Wildman–Crippen MR) is 77.7 cm³/mol. The smallest absolute Gasteiger partial charge is 0.335 e. The first-order valence-electron chi connectivity index (χ1n) is 6.91. The van der Waals surface area contributed by atoms with Gasteiger partial charge in [-0.15, -0.1) is 0 Å². The van der Waals surface area contributed by atoms with E-state index in [-0.39, 0.29) is 24.1 Å². The molecule has 1 aliphatic rings. The third-order valence-corrected chi connectivity index (χ3v) is 5.10. The molecule has 122 valence electrons. The number of hydrogen-bond acceptors (Lipinski definition) is 3. The lowest BCUT2D eigenvalue weighted by molar-refractivity contribution is -0.0770. The molecule has 0 aliphatic heterocycles. The van der Waals surface area contributed by atoms with Crippen LogP contribution in [0.15, 0.2) is 24.3 Å². The molecule has 22 heavy (non-hydrogen) atoms. The Morgan fingerprint density at radius 2 is 2.09 bits per heavy atom. The maximum atomic E-state index is 13.7. The first-order valence-corrected chi connectivity index (χ1v) is 8.56. The Bertz CT molecular complexity index is 661. The van der Waals surface area contributed by atoms with Crippen molar-refractivity contribution >= 4 is 21.7 Å². The zero-order valence-corrected chi connectivity index (χ0v) is 12.6. The normalized spacial score (nSPS) is 21.3. The highest BCUT2D eigenvalue weighted by molar-refractivity contribution is 7.92. The van der Waals surface area contributed by atoms with Gasteiger partial charge in [-0.25, -0.2) is 22.0 Å². The minimum Gasteiger partial charge on any atom is -0.478 e. The number of halogens is 2. The highest BCUT2D eigenvalue weighted by atomic mass is 32.2. The van der Waals surface area contributed by atoms with Gasteiger partial charge in [0.05, 0.1) is 11.3 Å². The molecule has 0 bridgehead atoms. The largest absolute Gasteiger partial charge is 0.478 e. The van der Waals surface area contributed by atoms with Crippen LogP contribution in [0.3, 0.4) is 0 Å². The van der Waals surface area contributed by atoms with Crippen LogP contribution in [-0.4, -0.2) is 31.2 Å². The predicted octanol–water partition coefficient (Wildman–Crippen LogP) is 2.95. The standard InChI is InChI=1S/C14H17F2NO4S/c15-14(16)7-2-1-5-11(14)9-22(20,21)17-12-6-3-4-10(8-12)13(18)19/h3-4,6,8,11,17H,1-2,5,7,9H2,(H,18,19). The number of carboxylic acids is 1. The number of nitrogens with one attached hydrogen (secondary N) is 1. The molecule has 1 aromatic carbocycles. The van der Waals surface area contributed by atoms with E-state index < -0.39 is 33.6 Å². The highest BCUT2D eigenvalue weighted by Crippen LogP contribution is 2.39. The van der Waals surface area contributed by atoms with Gasteiger partial charge in [0.2, 0.25) is 10.0 Å². The third kappa shape index (κ3) is 4.16. The van der Waals surface area contributed by atoms with E-state index in [4.69, 9.17) is 5.11 Å². The molecule has 1 atom stereocenters. The van der Waals surface area contributed by atoms with Crippen molar-refractivity contribution in [3.63, 3.8) is 0 Å². The molecule has 8 heteroatoms. The Morgan fingerprint density at radius 1 is 1.36 bits per heavy atom. The summed E-state index contributed by atoms with van der Waals surface area (Å²) in [5.41, 5.74) is -0.0257. The summed E-state index contributed by atoms with van der Waals surface area (Å²) in [6, 6.07) is 5.23. The number of carboxylic acid groups (broad SMARTS) is 1. The number of sulfonamides is 1. The molecule has 0 heterocycles. The van der Waals surface area contributed by atoms with Gasteiger partial charge < -0.3 is 5.11 Å². The molecule has 5 nitrogen and oxygen atoms in total. The molecule has 0 spiro atoms. The summed E-state index contributed by atoms with van der Waals surface area (Å²) in [7, 11) is -3.97. The van der Waals surface area contributed by atoms with Gasteiger partial charge in [0, 0.05) is 18.0 Å². The van der Waals surface area contributed by atoms with Crippen LogP contribution in [0, 0.1) is 5.92 Å². The van der Waals surface area contributed by atoms with E-state index in [1.54, 1.807) is 0 Å². The average molecular weight is 333 g/mol. The van der Waals surface area contributed by atoms with Crippen LogP contribution in [0.5, 0.6) is 0 Å². The van der Waals surface area contributed by atoms with Gasteiger partial charge in [-0.05, 0) is 31.0 Å². The number of benzene rings is 1. The lowest BCUT2D eigenvalue weighted by Gasteiger charge is -2.30. The second-order valence-electron chi connectivity index (χ2n) is 5.47. The Balaban J connectivity index is 2.11. The third-order valence-electron chi connectivity index (χ3n) is 3.71. The average Bonchev–Trinajstić information content (AvgIpc) is 2.40. The van der Waals surface area contributed by atoms with Crippen molar-refractivity contribution in [1.29, 1.82) is 0 Å². The van der Waals surface area contributed by atoms with E-state index in [2.05, 4.69) is 4.72 Å². The second kappa shape index (κ2) is 6.20. The Morgan fingerprint density at radius 3 is 2.73 bits per heavy atom. The van der Waals surface area contributed by atoms with Crippen LogP contribution in [0.25, 0.3) is 0 Å². The number of hydrogen-bond donors (Lipinski definition) is 2. The van der Waals surface area contributed by atoms with Crippen molar-refractivity contribution < 1.29 is 27.1 Å². The maximum absolute atomic E-state index is 13.7. The van der Waals surface area contributed by atoms with E-state index in [0.29, 0.717) is 12.8 Å². The zero-order chi connectivity index (χ0) is 16.4. The second-order valence-corrected chi connectivity index (χ2v) is 7.24. The summed E-state index contributed by atoms with van der Waals surface area (Å²) in [6.45, 7) is 0. The van der Waals surface area contributed by atoms with E-state index in [1.807, 2.05) is 0 Å². The van der Waals surface area contributed by atoms with E-state index in [9.17, 15) is 22.0 Å². The van der Waals surface area contributed by atoms with E-state index in [0.717, 1.165) is 6.07 Å². The fraction of sp³-hybridized carbons (Fsp3) is 0.500. The fourth-order valence-electron chi connectivity index (χ4n) is 2.57. The first kappa shape index (κ1) is 16.7. The van der Waals surface area contributed by atoms with Crippen LogP contribution in [0.1, 0.15) is 36.0 Å². The molecule has 0 saturated heterocycles. The Labute approximate surface area is 127 Å². The molecular formula is C14H17F2NO4S. The number of carbonyl (C=O) groups is 1. The Hall–Kier alpha value is -1.70. The molecule has 2 N–H and O–H groups in total. The molecule has 1 aliphatic carbocycles. The van der Waals surface area contributed by atoms with Crippen molar-refractivity contribution in [2.24, 2.45) is 5.92 Å². The molecule has 2 rings (SSSR count). The fourth-order valence-corrected chi connectivity index (χ4v) is 4.08. The molecule has 1 saturated carbocycles. The lowest BCUT2D eigenvalue weighted by atomic mass is 9.87. The molecule has 0 amide bonds. The van der Waals surface area contributed by atoms with Crippen LogP contribution < -0.4 is 4.72 Å². The van der Waals surface area contributed by atoms with Crippen LogP contribution in [0.2, 0.25) is 0 Å². The lowest BCUT2D eigenvalue weighted by Crippen LogP contribution is -2.38. The maximum Gasteiger partial charge on any atom is 0.335 e. The number of anilines is 1. The van der Waals surface area contributed by atoms with Crippen molar-refractivity contribution in [3.8, 4) is 0 Å². The first-order chi connectivity index (χ1) is 10.2. The zero-order valence-electron chi connectivity index (χ0n) is 11.8. The summed E-state index contributed by atoms with van der Waals surface area (Å²) < 4.78 is 53.7. The highest BCUT2D eigenvalue weighted by Gasteiger charge is 2.43. The molecule has 1 aromatic rings. The molecular weight excluding hydrogens is 316 g/mol. The Kier molecular flexibility index (Phi) is 4.69. The molecule has 1 unspecified atom stereocenters. The van der Waals surface area contributed by atoms with Crippen LogP contribution >= 0.6 is 0 Å². The van der Waals surface area contributed by atoms with Crippen molar-refractivity contribution in [3.05, 3.63) is 29.8 Å². The van der Waals surface area contributed by atoms with Crippen molar-refractivity contribution in [1.82, 2.24) is 0 Å². The number of alkyl halides is 2. The summed E-state index contributed by atoms with van der Waals surface area (Å²) >= 11 is 0. The summed E-state index contributed by atoms with van der Waals surface area (Å²) in [6.07, 6.45) is 0.868. The van der Waals surface area contributed by atoms with Crippen molar-refractivity contribution in [2.75, 3.05) is 10.5 Å². The SMILES string of the molecule is O=C(O)c1cccc(NS(=O)(=O)CC2CCCCC2(F)F)c1. The van der Waals surface area contributed by atoms with Gasteiger partial charge >= 0.3 is 5.97 Å². The van der Waals surface area contributed by atoms with Crippen LogP contribution in [0.4, 0.5) is 14.5 Å². The minimum atomic E-state index is -3.97. The summed E-state index contributed by atoms with van der Waals surface area (Å²) in [5.74, 6) is -6.05. The topological polar surface area (TPSA) is 83.5 Å². The summed E-state index contributed by atoms with van der Waals surface area (Å²) in [4.78, 5) is 10.8. The monoisotopic (exact) mass is 333 g/mol. The van der Waals surface area contributed by atoms with Crippen LogP contribution in [-0.2, 0) is 10.0 Å². The van der Waals surface area contributed by atoms with Gasteiger partial charge in [-0.1, -0.05) is 12.5 Å². The van der Waals surface area contributed by atoms with E-state index in [1.165, 1.54) is 18.2 Å². The van der Waals surface area contributed by atoms with Gasteiger partial charge in [0.1, 0.15) is 0 Å². The quantitative estimate of drug-likeness (QED) is 0.868.